The van der Waals surface area contributed by atoms with Crippen molar-refractivity contribution in [3.8, 4) is 0 Å². The molecule has 0 saturated heterocycles. The van der Waals surface area contributed by atoms with Gasteiger partial charge in [-0.15, -0.1) is 0 Å². The van der Waals surface area contributed by atoms with Crippen molar-refractivity contribution in [3.05, 3.63) is 77.7 Å². The third-order valence-corrected chi connectivity index (χ3v) is 6.62. The van der Waals surface area contributed by atoms with Crippen LogP contribution in [0.5, 0.6) is 0 Å². The van der Waals surface area contributed by atoms with Gasteiger partial charge in [0.25, 0.3) is 0 Å². The van der Waals surface area contributed by atoms with Crippen molar-refractivity contribution in [2.45, 2.75) is 84.6 Å². The smallest absolute Gasteiger partial charge is 0.315 e. The number of hydrogen-bond acceptors (Lipinski definition) is 4. The maximum absolute atomic E-state index is 10.7. The Morgan fingerprint density at radius 2 is 0.921 bits per heavy atom. The molecule has 0 unspecified atom stereocenters. The van der Waals surface area contributed by atoms with Crippen molar-refractivity contribution in [2.75, 3.05) is 9.80 Å². The van der Waals surface area contributed by atoms with Gasteiger partial charge in [0, 0.05) is 34.8 Å². The SMILES string of the molecule is CC(C)c1cccc(C(C)C)c1N1[C]N(c2c(C(C)C)cccc2C(C)C)C=C1.O=S(=O)(O)C(F)(F)F.[Au]. The Balaban J connectivity index is 0.000000699. The van der Waals surface area contributed by atoms with Crippen molar-refractivity contribution in [1.82, 2.24) is 0 Å². The number of para-hydroxylation sites is 2. The minimum Gasteiger partial charge on any atom is -0.315 e. The third-order valence-electron chi connectivity index (χ3n) is 6.04. The molecule has 0 aliphatic carbocycles. The molecule has 0 saturated carbocycles. The molecule has 0 amide bonds. The normalized spacial score (nSPS) is 13.9. The first-order valence-corrected chi connectivity index (χ1v) is 13.7. The summed E-state index contributed by atoms with van der Waals surface area (Å²) in [6.07, 6.45) is 4.32. The van der Waals surface area contributed by atoms with E-state index in [4.69, 9.17) is 13.0 Å². The van der Waals surface area contributed by atoms with Crippen LogP contribution in [-0.4, -0.2) is 18.5 Å². The Kier molecular flexibility index (Phi) is 12.2. The molecule has 1 aliphatic rings. The van der Waals surface area contributed by atoms with Crippen LogP contribution in [0, 0.1) is 6.67 Å². The molecule has 3 rings (SSSR count). The summed E-state index contributed by atoms with van der Waals surface area (Å²) in [5.41, 5.74) is 2.52. The molecule has 38 heavy (non-hydrogen) atoms. The molecule has 0 fully saturated rings. The average molecular weight is 736 g/mol. The van der Waals surface area contributed by atoms with Crippen LogP contribution in [0.2, 0.25) is 0 Å². The van der Waals surface area contributed by atoms with Gasteiger partial charge in [-0.2, -0.15) is 21.6 Å². The Morgan fingerprint density at radius 3 is 1.11 bits per heavy atom. The number of alkyl halides is 3. The Hall–Kier alpha value is -1.78. The number of rotatable bonds is 6. The van der Waals surface area contributed by atoms with Crippen molar-refractivity contribution in [1.29, 1.82) is 0 Å². The summed E-state index contributed by atoms with van der Waals surface area (Å²) < 4.78 is 57.5. The van der Waals surface area contributed by atoms with Crippen molar-refractivity contribution in [3.63, 3.8) is 0 Å². The molecule has 3 radical (unpaired) electrons. The number of nitrogens with zero attached hydrogens (tertiary/aromatic N) is 2. The van der Waals surface area contributed by atoms with Crippen LogP contribution in [0.15, 0.2) is 48.8 Å². The Morgan fingerprint density at radius 1 is 0.684 bits per heavy atom. The quantitative estimate of drug-likeness (QED) is 0.184. The standard InChI is InChI=1S/C27H36N2.CHF3O3S.Au/c1-18(2)22-11-9-12-23(19(3)4)26(22)28-15-16-29(17-28)27-24(20(5)6)13-10-14-25(27)21(7)8;2-1(3,4)8(5,6)7;/h9-16,18-21H,1-8H3;(H,5,6,7);. The van der Waals surface area contributed by atoms with Gasteiger partial charge in [0.05, 0.1) is 11.4 Å². The van der Waals surface area contributed by atoms with E-state index in [-0.39, 0.29) is 22.4 Å². The number of benzene rings is 2. The van der Waals surface area contributed by atoms with Gasteiger partial charge in [0.2, 0.25) is 6.67 Å². The van der Waals surface area contributed by atoms with E-state index >= 15 is 0 Å². The molecule has 215 valence electrons. The van der Waals surface area contributed by atoms with E-state index in [1.807, 2.05) is 0 Å². The second-order valence-electron chi connectivity index (χ2n) is 10.2. The third kappa shape index (κ3) is 8.11. The van der Waals surface area contributed by atoms with E-state index in [0.717, 1.165) is 0 Å². The zero-order valence-electron chi connectivity index (χ0n) is 22.9. The number of anilines is 2. The van der Waals surface area contributed by atoms with E-state index < -0.39 is 15.6 Å². The summed E-state index contributed by atoms with van der Waals surface area (Å²) >= 11 is 0. The van der Waals surface area contributed by atoms with Crippen LogP contribution in [0.3, 0.4) is 0 Å². The fourth-order valence-electron chi connectivity index (χ4n) is 4.14. The number of hydrogen-bond donors (Lipinski definition) is 1. The minimum absolute atomic E-state index is 0. The maximum Gasteiger partial charge on any atom is 0.522 e. The summed E-state index contributed by atoms with van der Waals surface area (Å²) in [4.78, 5) is 4.40. The van der Waals surface area contributed by atoms with E-state index in [9.17, 15) is 13.2 Å². The molecule has 10 heteroatoms. The molecular weight excluding hydrogens is 698 g/mol. The second kappa shape index (κ2) is 13.5. The molecule has 1 heterocycles. The fraction of sp³-hybridized carbons (Fsp3) is 0.464. The van der Waals surface area contributed by atoms with Crippen LogP contribution >= 0.6 is 0 Å². The Bertz CT molecular complexity index is 1090. The molecule has 2 aromatic rings. The molecule has 1 aliphatic heterocycles. The van der Waals surface area contributed by atoms with Gasteiger partial charge < -0.3 is 9.80 Å². The van der Waals surface area contributed by atoms with Gasteiger partial charge in [-0.3, -0.25) is 4.55 Å². The van der Waals surface area contributed by atoms with E-state index in [0.29, 0.717) is 23.7 Å². The van der Waals surface area contributed by atoms with Crippen LogP contribution < -0.4 is 9.80 Å². The Labute approximate surface area is 241 Å². The van der Waals surface area contributed by atoms with Crippen LogP contribution in [-0.2, 0) is 32.5 Å². The summed E-state index contributed by atoms with van der Waals surface area (Å²) in [6.45, 7) is 21.8. The van der Waals surface area contributed by atoms with E-state index in [1.165, 1.54) is 33.6 Å². The van der Waals surface area contributed by atoms with E-state index in [1.54, 1.807) is 0 Å². The first kappa shape index (κ1) is 34.2. The van der Waals surface area contributed by atoms with Gasteiger partial charge in [0.1, 0.15) is 0 Å². The summed E-state index contributed by atoms with van der Waals surface area (Å²) in [7, 11) is -5.84. The zero-order chi connectivity index (χ0) is 28.3. The summed E-state index contributed by atoms with van der Waals surface area (Å²) in [5, 5.41) is 0. The maximum atomic E-state index is 10.7. The molecular formula is C28H37AuF3N2O3S. The number of halogens is 3. The van der Waals surface area contributed by atoms with E-state index in [2.05, 4.69) is 121 Å². The largest absolute Gasteiger partial charge is 0.522 e. The van der Waals surface area contributed by atoms with Crippen molar-refractivity contribution >= 4 is 21.5 Å². The van der Waals surface area contributed by atoms with Crippen LogP contribution in [0.25, 0.3) is 0 Å². The van der Waals surface area contributed by atoms with Crippen molar-refractivity contribution in [2.24, 2.45) is 0 Å². The predicted molar refractivity (Wildman–Crippen MR) is 144 cm³/mol. The first-order valence-electron chi connectivity index (χ1n) is 12.3. The second-order valence-corrected chi connectivity index (χ2v) is 11.7. The molecule has 0 spiro atoms. The van der Waals surface area contributed by atoms with Crippen LogP contribution in [0.4, 0.5) is 24.5 Å². The summed E-state index contributed by atoms with van der Waals surface area (Å²) in [5.74, 6) is 1.84. The molecule has 0 aromatic heterocycles. The monoisotopic (exact) mass is 735 g/mol. The van der Waals surface area contributed by atoms with Gasteiger partial charge >= 0.3 is 15.6 Å². The molecule has 2 aromatic carbocycles. The predicted octanol–water partition coefficient (Wildman–Crippen LogP) is 8.37. The molecule has 0 atom stereocenters. The zero-order valence-corrected chi connectivity index (χ0v) is 25.9. The fourth-order valence-corrected chi connectivity index (χ4v) is 4.14. The first-order chi connectivity index (χ1) is 17.0. The van der Waals surface area contributed by atoms with Gasteiger partial charge in [-0.25, -0.2) is 0 Å². The van der Waals surface area contributed by atoms with Crippen molar-refractivity contribution < 1.29 is 48.5 Å². The van der Waals surface area contributed by atoms with Gasteiger partial charge in [0.15, 0.2) is 0 Å². The topological polar surface area (TPSA) is 60.9 Å². The van der Waals surface area contributed by atoms with Crippen LogP contribution in [0.1, 0.15) is 101 Å². The molecule has 1 N–H and O–H groups in total. The van der Waals surface area contributed by atoms with Gasteiger partial charge in [-0.05, 0) is 45.9 Å². The van der Waals surface area contributed by atoms with Gasteiger partial charge in [-0.1, -0.05) is 91.8 Å². The molecule has 0 bridgehead atoms. The average Bonchev–Trinajstić information content (AvgIpc) is 3.26. The minimum atomic E-state index is -5.84. The molecule has 5 nitrogen and oxygen atoms in total. The summed E-state index contributed by atoms with van der Waals surface area (Å²) in [6, 6.07) is 13.4.